The molecule has 3 aromatic heterocycles. The second-order valence-electron chi connectivity index (χ2n) is 9.88. The van der Waals surface area contributed by atoms with Gasteiger partial charge in [-0.15, -0.1) is 0 Å². The Morgan fingerprint density at radius 3 is 2.19 bits per heavy atom. The van der Waals surface area contributed by atoms with Crippen molar-refractivity contribution >= 4 is 78.2 Å². The van der Waals surface area contributed by atoms with Gasteiger partial charge in [-0.25, -0.2) is 4.98 Å². The number of aromatic nitrogens is 4. The zero-order valence-electron chi connectivity index (χ0n) is 19.2. The van der Waals surface area contributed by atoms with E-state index in [1.807, 2.05) is 49.6 Å². The van der Waals surface area contributed by atoms with Gasteiger partial charge in [0.05, 0.1) is 29.2 Å². The Balaban J connectivity index is 1.97. The largest absolute Gasteiger partial charge is 0.312 e. The molecular weight excluding hydrogens is 401 g/mol. The van der Waals surface area contributed by atoms with Gasteiger partial charge in [-0.2, -0.15) is 5.10 Å². The van der Waals surface area contributed by atoms with Crippen LogP contribution in [0.1, 0.15) is 11.1 Å². The maximum absolute atomic E-state index is 13.5. The Hall–Kier alpha value is -2.28. The molecule has 0 aromatic carbocycles. The second kappa shape index (κ2) is 8.34. The number of anilines is 1. The molecule has 3 aromatic rings. The lowest BCUT2D eigenvalue weighted by molar-refractivity contribution is -0.117. The number of aromatic amines is 1. The number of nitrogens with zero attached hydrogens (tertiary/aromatic N) is 3. The summed E-state index contributed by atoms with van der Waals surface area (Å²) in [4.78, 5) is 21.8. The summed E-state index contributed by atoms with van der Waals surface area (Å²) in [5.41, 5.74) is 3.65. The fraction of sp³-hybridized carbons (Fsp3) is 0.176. The summed E-state index contributed by atoms with van der Waals surface area (Å²) >= 11 is 5.95. The molecule has 0 saturated carbocycles. The zero-order chi connectivity index (χ0) is 23.0. The van der Waals surface area contributed by atoms with Crippen molar-refractivity contribution < 1.29 is 4.79 Å². The molecule has 0 aliphatic heterocycles. The fourth-order valence-electron chi connectivity index (χ4n) is 3.54. The highest BCUT2D eigenvalue weighted by Crippen LogP contribution is 2.40. The van der Waals surface area contributed by atoms with Gasteiger partial charge in [-0.1, -0.05) is 28.0 Å². The Bertz CT molecular complexity index is 1080. The normalized spacial score (nSPS) is 12.4. The van der Waals surface area contributed by atoms with E-state index < -0.39 is 10.4 Å². The minimum atomic E-state index is -0.750. The number of carbonyl (C=O) groups excluding carboxylic acids is 1. The quantitative estimate of drug-likeness (QED) is 0.312. The molecule has 0 atom stereocenters. The lowest BCUT2D eigenvalue weighted by Crippen LogP contribution is -2.50. The van der Waals surface area contributed by atoms with Gasteiger partial charge in [0.1, 0.15) is 42.4 Å². The maximum atomic E-state index is 13.5. The summed E-state index contributed by atoms with van der Waals surface area (Å²) in [6.07, 6.45) is 5.21. The highest BCUT2D eigenvalue weighted by Gasteiger charge is 2.44. The molecule has 6 nitrogen and oxygen atoms in total. The van der Waals surface area contributed by atoms with E-state index in [0.717, 1.165) is 22.4 Å². The first-order chi connectivity index (χ1) is 14.4. The SMILES string of the molecule is BC(B)(B)c1c(-c2ccncc2)n[nH]c1NC(=O)C(B)(B)C(B)(B)c1ccc(Cl)nc1. The minimum absolute atomic E-state index is 0.108. The predicted octanol–water partition coefficient (Wildman–Crippen LogP) is -4.03. The van der Waals surface area contributed by atoms with Gasteiger partial charge in [0, 0.05) is 29.7 Å². The lowest BCUT2D eigenvalue weighted by Gasteiger charge is -2.41. The van der Waals surface area contributed by atoms with Crippen molar-refractivity contribution in [2.45, 2.75) is 15.5 Å². The van der Waals surface area contributed by atoms with E-state index in [1.54, 1.807) is 24.7 Å². The summed E-state index contributed by atoms with van der Waals surface area (Å²) in [7, 11) is 14.3. The van der Waals surface area contributed by atoms with Gasteiger partial charge in [0.25, 0.3) is 0 Å². The molecule has 0 bridgehead atoms. The topological polar surface area (TPSA) is 83.6 Å². The molecule has 0 spiro atoms. The van der Waals surface area contributed by atoms with E-state index in [9.17, 15) is 4.79 Å². The molecule has 3 rings (SSSR count). The predicted molar refractivity (Wildman–Crippen MR) is 146 cm³/mol. The lowest BCUT2D eigenvalue weighted by atomic mass is 9.28. The average molecular weight is 425 g/mol. The number of rotatable bonds is 6. The fourth-order valence-corrected chi connectivity index (χ4v) is 3.65. The Labute approximate surface area is 194 Å². The number of amides is 1. The third-order valence-corrected chi connectivity index (χ3v) is 6.51. The van der Waals surface area contributed by atoms with Gasteiger partial charge < -0.3 is 5.32 Å². The van der Waals surface area contributed by atoms with E-state index in [4.69, 9.17) is 11.6 Å². The van der Waals surface area contributed by atoms with Crippen molar-refractivity contribution in [3.63, 3.8) is 0 Å². The van der Waals surface area contributed by atoms with Crippen molar-refractivity contribution in [1.82, 2.24) is 20.2 Å². The number of hydrogen-bond acceptors (Lipinski definition) is 4. The molecule has 1 amide bonds. The molecule has 2 N–H and O–H groups in total. The van der Waals surface area contributed by atoms with Crippen molar-refractivity contribution in [3.05, 3.63) is 59.1 Å². The summed E-state index contributed by atoms with van der Waals surface area (Å²) in [6, 6.07) is 7.50. The van der Waals surface area contributed by atoms with E-state index in [1.165, 1.54) is 0 Å². The summed E-state index contributed by atoms with van der Waals surface area (Å²) in [5, 5.41) is 9.63. The smallest absolute Gasteiger partial charge is 0.215 e. The van der Waals surface area contributed by atoms with Crippen molar-refractivity contribution in [3.8, 4) is 11.3 Å². The summed E-state index contributed by atoms with van der Waals surface area (Å²) < 4.78 is 0. The maximum Gasteiger partial charge on any atom is 0.215 e. The van der Waals surface area contributed by atoms with E-state index in [0.29, 0.717) is 11.0 Å². The van der Waals surface area contributed by atoms with Crippen LogP contribution >= 0.6 is 11.6 Å². The molecule has 0 radical (unpaired) electrons. The Kier molecular flexibility index (Phi) is 6.29. The van der Waals surface area contributed by atoms with Crippen LogP contribution < -0.4 is 5.32 Å². The van der Waals surface area contributed by atoms with Crippen LogP contribution in [-0.2, 0) is 15.1 Å². The minimum Gasteiger partial charge on any atom is -0.312 e. The van der Waals surface area contributed by atoms with E-state index in [-0.39, 0.29) is 11.0 Å². The number of carbonyl (C=O) groups is 1. The number of halogens is 1. The van der Waals surface area contributed by atoms with Gasteiger partial charge in [-0.3, -0.25) is 14.9 Å². The molecule has 0 fully saturated rings. The first-order valence-electron chi connectivity index (χ1n) is 10.3. The van der Waals surface area contributed by atoms with Gasteiger partial charge in [-0.05, 0) is 29.0 Å². The average Bonchev–Trinajstić information content (AvgIpc) is 3.13. The molecule has 31 heavy (non-hydrogen) atoms. The molecule has 150 valence electrons. The third kappa shape index (κ3) is 4.52. The second-order valence-corrected chi connectivity index (χ2v) is 10.3. The number of H-pyrrole nitrogens is 1. The van der Waals surface area contributed by atoms with E-state index >= 15 is 0 Å². The molecule has 3 heterocycles. The third-order valence-electron chi connectivity index (χ3n) is 6.29. The summed E-state index contributed by atoms with van der Waals surface area (Å²) in [6.45, 7) is 0. The molecule has 14 heteroatoms. The Morgan fingerprint density at radius 2 is 1.65 bits per heavy atom. The molecule has 0 unspecified atom stereocenters. The standard InChI is InChI=1S/C17H23B7ClN5O/c18-15(19,9-1-2-10(25)27-7-9)16(20,21)14(31)28-13-11(17(22,23)24)12(29-30-13)8-3-5-26-6-4-8/h1-7H,18-24H2,(H2,28,29,30,31). The van der Waals surface area contributed by atoms with E-state index in [2.05, 4.69) is 49.0 Å². The van der Waals surface area contributed by atoms with Crippen LogP contribution in [0.3, 0.4) is 0 Å². The highest BCUT2D eigenvalue weighted by molar-refractivity contribution is 6.62. The summed E-state index contributed by atoms with van der Waals surface area (Å²) in [5.74, 6) is 0.505. The van der Waals surface area contributed by atoms with Crippen LogP contribution in [0.4, 0.5) is 5.82 Å². The monoisotopic (exact) mass is 425 g/mol. The van der Waals surface area contributed by atoms with Gasteiger partial charge in [0.2, 0.25) is 5.91 Å². The van der Waals surface area contributed by atoms with Crippen molar-refractivity contribution in [2.75, 3.05) is 5.32 Å². The van der Waals surface area contributed by atoms with Crippen LogP contribution in [-0.4, -0.2) is 81.0 Å². The van der Waals surface area contributed by atoms with Crippen molar-refractivity contribution in [1.29, 1.82) is 0 Å². The molecule has 0 aliphatic rings. The van der Waals surface area contributed by atoms with Crippen molar-refractivity contribution in [2.24, 2.45) is 0 Å². The number of pyridine rings is 2. The van der Waals surface area contributed by atoms with Crippen LogP contribution in [0.5, 0.6) is 0 Å². The highest BCUT2D eigenvalue weighted by atomic mass is 35.5. The first kappa shape index (κ1) is 23.4. The van der Waals surface area contributed by atoms with Gasteiger partial charge in [0.15, 0.2) is 0 Å². The van der Waals surface area contributed by atoms with Crippen LogP contribution in [0.15, 0.2) is 42.9 Å². The first-order valence-corrected chi connectivity index (χ1v) is 10.7. The molecular formula is C17H23B7ClN5O. The molecule has 0 aliphatic carbocycles. The van der Waals surface area contributed by atoms with Crippen LogP contribution in [0, 0.1) is 0 Å². The molecule has 0 saturated heterocycles. The van der Waals surface area contributed by atoms with Gasteiger partial charge >= 0.3 is 0 Å². The number of nitrogens with one attached hydrogen (secondary N) is 2. The number of hydrogen-bond donors (Lipinski definition) is 2. The van der Waals surface area contributed by atoms with Crippen LogP contribution in [0.25, 0.3) is 11.3 Å². The Morgan fingerprint density at radius 1 is 1.00 bits per heavy atom. The van der Waals surface area contributed by atoms with Crippen LogP contribution in [0.2, 0.25) is 10.4 Å². The zero-order valence-corrected chi connectivity index (χ0v) is 19.9.